The van der Waals surface area contributed by atoms with E-state index >= 15 is 0 Å². The van der Waals surface area contributed by atoms with Crippen molar-refractivity contribution < 1.29 is 8.42 Å². The van der Waals surface area contributed by atoms with Crippen molar-refractivity contribution in [2.24, 2.45) is 0 Å². The zero-order valence-corrected chi connectivity index (χ0v) is 12.2. The van der Waals surface area contributed by atoms with E-state index in [9.17, 15) is 8.42 Å². The summed E-state index contributed by atoms with van der Waals surface area (Å²) in [6.07, 6.45) is 0. The molecule has 1 N–H and O–H groups in total. The maximum Gasteiger partial charge on any atom is 0.250 e. The lowest BCUT2D eigenvalue weighted by molar-refractivity contribution is 0.584. The smallest absolute Gasteiger partial charge is 0.209 e. The lowest BCUT2D eigenvalue weighted by Gasteiger charge is -2.05. The third-order valence-corrected chi connectivity index (χ3v) is 5.43. The monoisotopic (exact) mass is 331 g/mol. The second kappa shape index (κ2) is 5.14. The van der Waals surface area contributed by atoms with Gasteiger partial charge in [0, 0.05) is 11.4 Å². The standard InChI is InChI=1S/C8H11BrClNO2S2/c1-5-3-7(14-8(5)10)15(12,13)11-4-6(2)9/h3,6,11H,4H2,1-2H3. The molecule has 7 heteroatoms. The van der Waals surface area contributed by atoms with E-state index in [0.717, 1.165) is 16.9 Å². The van der Waals surface area contributed by atoms with Crippen LogP contribution >= 0.6 is 38.9 Å². The third kappa shape index (κ3) is 3.71. The van der Waals surface area contributed by atoms with E-state index in [4.69, 9.17) is 11.6 Å². The number of halogens is 2. The molecule has 0 fully saturated rings. The van der Waals surface area contributed by atoms with Crippen LogP contribution in [0.1, 0.15) is 12.5 Å². The van der Waals surface area contributed by atoms with E-state index < -0.39 is 10.0 Å². The number of thiophene rings is 1. The molecule has 0 aliphatic carbocycles. The first-order valence-corrected chi connectivity index (χ1v) is 7.82. The predicted molar refractivity (Wildman–Crippen MR) is 67.6 cm³/mol. The molecule has 1 aromatic rings. The summed E-state index contributed by atoms with van der Waals surface area (Å²) in [6, 6.07) is 1.58. The molecular weight excluding hydrogens is 322 g/mol. The van der Waals surface area contributed by atoms with Crippen LogP contribution in [0.15, 0.2) is 10.3 Å². The molecule has 3 nitrogen and oxygen atoms in total. The summed E-state index contributed by atoms with van der Waals surface area (Å²) in [6.45, 7) is 4.01. The lowest BCUT2D eigenvalue weighted by Crippen LogP contribution is -2.27. The highest BCUT2D eigenvalue weighted by Gasteiger charge is 2.18. The molecular formula is C8H11BrClNO2S2. The summed E-state index contributed by atoms with van der Waals surface area (Å²) in [5.74, 6) is 0. The largest absolute Gasteiger partial charge is 0.250 e. The number of alkyl halides is 1. The molecule has 1 atom stereocenters. The van der Waals surface area contributed by atoms with Crippen LogP contribution in [0.4, 0.5) is 0 Å². The second-order valence-electron chi connectivity index (χ2n) is 3.15. The Bertz CT molecular complexity index is 422. The maximum absolute atomic E-state index is 11.7. The molecule has 0 spiro atoms. The first kappa shape index (κ1) is 13.4. The summed E-state index contributed by atoms with van der Waals surface area (Å²) < 4.78 is 26.7. The molecule has 0 aromatic carbocycles. The van der Waals surface area contributed by atoms with Gasteiger partial charge in [0.15, 0.2) is 0 Å². The van der Waals surface area contributed by atoms with Crippen LogP contribution in [0.25, 0.3) is 0 Å². The fourth-order valence-corrected chi connectivity index (χ4v) is 4.12. The van der Waals surface area contributed by atoms with Crippen LogP contribution in [0.2, 0.25) is 4.34 Å². The van der Waals surface area contributed by atoms with Gasteiger partial charge in [0.1, 0.15) is 4.21 Å². The zero-order chi connectivity index (χ0) is 11.6. The van der Waals surface area contributed by atoms with E-state index in [-0.39, 0.29) is 9.04 Å². The number of rotatable bonds is 4. The van der Waals surface area contributed by atoms with Gasteiger partial charge in [-0.05, 0) is 18.6 Å². The minimum absolute atomic E-state index is 0.101. The van der Waals surface area contributed by atoms with Gasteiger partial charge in [0.25, 0.3) is 0 Å². The molecule has 0 saturated heterocycles. The van der Waals surface area contributed by atoms with Crippen LogP contribution in [0.5, 0.6) is 0 Å². The Morgan fingerprint density at radius 2 is 2.27 bits per heavy atom. The van der Waals surface area contributed by atoms with Crippen LogP contribution in [-0.4, -0.2) is 19.8 Å². The average Bonchev–Trinajstić information content (AvgIpc) is 2.45. The van der Waals surface area contributed by atoms with E-state index in [0.29, 0.717) is 10.9 Å². The second-order valence-corrected chi connectivity index (χ2v) is 8.37. The van der Waals surface area contributed by atoms with E-state index in [2.05, 4.69) is 20.7 Å². The highest BCUT2D eigenvalue weighted by atomic mass is 79.9. The fraction of sp³-hybridized carbons (Fsp3) is 0.500. The number of nitrogens with one attached hydrogen (secondary N) is 1. The Labute approximate surface area is 107 Å². The van der Waals surface area contributed by atoms with E-state index in [1.54, 1.807) is 13.0 Å². The van der Waals surface area contributed by atoms with Crippen molar-refractivity contribution in [3.8, 4) is 0 Å². The first-order chi connectivity index (χ1) is 6.83. The minimum atomic E-state index is -3.40. The normalized spacial score (nSPS) is 14.1. The zero-order valence-electron chi connectivity index (χ0n) is 8.25. The quantitative estimate of drug-likeness (QED) is 0.862. The van der Waals surface area contributed by atoms with Crippen molar-refractivity contribution in [2.45, 2.75) is 22.9 Å². The van der Waals surface area contributed by atoms with Crippen molar-refractivity contribution >= 4 is 48.9 Å². The molecule has 1 aromatic heterocycles. The van der Waals surface area contributed by atoms with E-state index in [1.165, 1.54) is 0 Å². The van der Waals surface area contributed by atoms with Crippen LogP contribution in [0.3, 0.4) is 0 Å². The molecule has 1 rings (SSSR count). The van der Waals surface area contributed by atoms with Gasteiger partial charge in [-0.2, -0.15) is 0 Å². The maximum atomic E-state index is 11.7. The van der Waals surface area contributed by atoms with Crippen molar-refractivity contribution in [3.63, 3.8) is 0 Å². The van der Waals surface area contributed by atoms with Gasteiger partial charge >= 0.3 is 0 Å². The van der Waals surface area contributed by atoms with Crippen molar-refractivity contribution in [2.75, 3.05) is 6.54 Å². The Balaban J connectivity index is 2.87. The minimum Gasteiger partial charge on any atom is -0.209 e. The van der Waals surface area contributed by atoms with E-state index in [1.807, 2.05) is 6.92 Å². The average molecular weight is 333 g/mol. The van der Waals surface area contributed by atoms with Gasteiger partial charge in [-0.25, -0.2) is 13.1 Å². The van der Waals surface area contributed by atoms with Gasteiger partial charge in [0.2, 0.25) is 10.0 Å². The fourth-order valence-electron chi connectivity index (χ4n) is 0.860. The predicted octanol–water partition coefficient (Wildman–Crippen LogP) is 2.77. The highest BCUT2D eigenvalue weighted by Crippen LogP contribution is 2.29. The summed E-state index contributed by atoms with van der Waals surface area (Å²) >= 11 is 10.2. The summed E-state index contributed by atoms with van der Waals surface area (Å²) in [7, 11) is -3.40. The molecule has 0 aliphatic rings. The summed E-state index contributed by atoms with van der Waals surface area (Å²) in [5.41, 5.74) is 0.786. The van der Waals surface area contributed by atoms with Gasteiger partial charge in [-0.3, -0.25) is 0 Å². The Kier molecular flexibility index (Phi) is 4.61. The molecule has 0 bridgehead atoms. The Morgan fingerprint density at radius 1 is 1.67 bits per heavy atom. The number of hydrogen-bond donors (Lipinski definition) is 1. The molecule has 86 valence electrons. The third-order valence-electron chi connectivity index (χ3n) is 1.65. The van der Waals surface area contributed by atoms with Crippen molar-refractivity contribution in [1.82, 2.24) is 4.72 Å². The molecule has 0 radical (unpaired) electrons. The summed E-state index contributed by atoms with van der Waals surface area (Å²) in [5, 5.41) is 0. The molecule has 0 aliphatic heterocycles. The number of hydrogen-bond acceptors (Lipinski definition) is 3. The Morgan fingerprint density at radius 3 is 2.67 bits per heavy atom. The van der Waals surface area contributed by atoms with Gasteiger partial charge in [-0.1, -0.05) is 34.5 Å². The summed E-state index contributed by atoms with van der Waals surface area (Å²) in [4.78, 5) is 0.101. The van der Waals surface area contributed by atoms with Gasteiger partial charge in [-0.15, -0.1) is 11.3 Å². The number of aryl methyl sites for hydroxylation is 1. The molecule has 1 unspecified atom stereocenters. The van der Waals surface area contributed by atoms with Crippen LogP contribution in [0, 0.1) is 6.92 Å². The first-order valence-electron chi connectivity index (χ1n) is 4.22. The number of sulfonamides is 1. The van der Waals surface area contributed by atoms with Crippen LogP contribution in [-0.2, 0) is 10.0 Å². The molecule has 0 amide bonds. The topological polar surface area (TPSA) is 46.2 Å². The van der Waals surface area contributed by atoms with Crippen LogP contribution < -0.4 is 4.72 Å². The van der Waals surface area contributed by atoms with Gasteiger partial charge < -0.3 is 0 Å². The SMILES string of the molecule is Cc1cc(S(=O)(=O)NCC(C)Br)sc1Cl. The molecule has 15 heavy (non-hydrogen) atoms. The van der Waals surface area contributed by atoms with Gasteiger partial charge in [0.05, 0.1) is 4.34 Å². The Hall–Kier alpha value is 0.380. The molecule has 0 saturated carbocycles. The van der Waals surface area contributed by atoms with Crippen molar-refractivity contribution in [3.05, 3.63) is 16.0 Å². The lowest BCUT2D eigenvalue weighted by atomic mass is 10.4. The van der Waals surface area contributed by atoms with Crippen molar-refractivity contribution in [1.29, 1.82) is 0 Å². The highest BCUT2D eigenvalue weighted by molar-refractivity contribution is 9.09. The molecule has 1 heterocycles.